The Morgan fingerprint density at radius 3 is 2.66 bits per heavy atom. The van der Waals surface area contributed by atoms with Crippen molar-refractivity contribution < 1.29 is 27.8 Å². The molecule has 0 unspecified atom stereocenters. The number of ether oxygens (including phenoxy) is 2. The third-order valence-corrected chi connectivity index (χ3v) is 5.09. The van der Waals surface area contributed by atoms with Crippen LogP contribution in [0.15, 0.2) is 24.5 Å². The van der Waals surface area contributed by atoms with Gasteiger partial charge in [0.2, 0.25) is 0 Å². The van der Waals surface area contributed by atoms with Crippen LogP contribution in [-0.4, -0.2) is 47.6 Å². The minimum atomic E-state index is -2.81. The number of halogens is 2. The van der Waals surface area contributed by atoms with Crippen LogP contribution >= 0.6 is 0 Å². The highest BCUT2D eigenvalue weighted by Crippen LogP contribution is 2.44. The normalized spacial score (nSPS) is 17.7. The lowest BCUT2D eigenvalue weighted by molar-refractivity contribution is -0.137. The first kappa shape index (κ1) is 19.2. The smallest absolute Gasteiger partial charge is 0.280 e. The fraction of sp³-hybridized carbons (Fsp3) is 0.368. The SMILES string of the molecule is COc1cnc(C(F)F)cc1-c1cc(N2CCOC3(CC3)C2=O)ncc1C(N)=O. The van der Waals surface area contributed by atoms with Gasteiger partial charge in [0.1, 0.15) is 22.9 Å². The molecule has 152 valence electrons. The number of pyridine rings is 2. The number of methoxy groups -OCH3 is 1. The van der Waals surface area contributed by atoms with Gasteiger partial charge in [-0.05, 0) is 25.0 Å². The van der Waals surface area contributed by atoms with Crippen LogP contribution in [0, 0.1) is 0 Å². The maximum absolute atomic E-state index is 13.2. The van der Waals surface area contributed by atoms with Crippen molar-refractivity contribution in [2.45, 2.75) is 24.9 Å². The second-order valence-electron chi connectivity index (χ2n) is 6.86. The minimum absolute atomic E-state index is 0.0142. The molecular formula is C19H18F2N4O4. The van der Waals surface area contributed by atoms with Gasteiger partial charge in [0.05, 0.1) is 32.0 Å². The van der Waals surface area contributed by atoms with Crippen LogP contribution in [-0.2, 0) is 9.53 Å². The van der Waals surface area contributed by atoms with Gasteiger partial charge in [-0.25, -0.2) is 13.8 Å². The molecule has 0 radical (unpaired) electrons. The predicted octanol–water partition coefficient (Wildman–Crippen LogP) is 2.08. The Balaban J connectivity index is 1.84. The van der Waals surface area contributed by atoms with Crippen LogP contribution in [0.3, 0.4) is 0 Å². The Bertz CT molecular complexity index is 994. The molecule has 2 aliphatic rings. The number of rotatable bonds is 5. The number of aromatic nitrogens is 2. The molecule has 0 aromatic carbocycles. The van der Waals surface area contributed by atoms with Crippen LogP contribution in [0.5, 0.6) is 5.75 Å². The van der Waals surface area contributed by atoms with E-state index >= 15 is 0 Å². The van der Waals surface area contributed by atoms with Gasteiger partial charge < -0.3 is 15.2 Å². The Morgan fingerprint density at radius 1 is 1.28 bits per heavy atom. The van der Waals surface area contributed by atoms with E-state index in [0.717, 1.165) is 12.3 Å². The highest BCUT2D eigenvalue weighted by molar-refractivity contribution is 6.04. The van der Waals surface area contributed by atoms with Crippen molar-refractivity contribution in [1.82, 2.24) is 9.97 Å². The standard InChI is InChI=1S/C19H18F2N4O4/c1-28-14-9-23-13(16(20)21)6-11(14)10-7-15(24-8-12(10)17(22)26)25-4-5-29-19(2-3-19)18(25)27/h6-9,16H,2-5H2,1H3,(H2,22,26). The number of alkyl halides is 2. The molecule has 1 saturated carbocycles. The second-order valence-corrected chi connectivity index (χ2v) is 6.86. The van der Waals surface area contributed by atoms with Gasteiger partial charge in [0, 0.05) is 17.3 Å². The van der Waals surface area contributed by atoms with E-state index in [1.165, 1.54) is 24.3 Å². The summed E-state index contributed by atoms with van der Waals surface area (Å²) in [6.07, 6.45) is 0.862. The van der Waals surface area contributed by atoms with Crippen molar-refractivity contribution in [3.05, 3.63) is 35.8 Å². The third-order valence-electron chi connectivity index (χ3n) is 5.09. The predicted molar refractivity (Wildman–Crippen MR) is 97.8 cm³/mol. The summed E-state index contributed by atoms with van der Waals surface area (Å²) in [6, 6.07) is 2.62. The second kappa shape index (κ2) is 7.03. The molecule has 0 atom stereocenters. The number of carbonyl (C=O) groups is 2. The van der Waals surface area contributed by atoms with Gasteiger partial charge in [0.25, 0.3) is 18.2 Å². The molecule has 1 aliphatic carbocycles. The van der Waals surface area contributed by atoms with Crippen LogP contribution < -0.4 is 15.4 Å². The summed E-state index contributed by atoms with van der Waals surface area (Å²) in [5.41, 5.74) is 4.65. The molecule has 2 aromatic rings. The molecule has 1 aliphatic heterocycles. The van der Waals surface area contributed by atoms with Gasteiger partial charge in [-0.3, -0.25) is 19.5 Å². The Labute approximate surface area is 164 Å². The van der Waals surface area contributed by atoms with Crippen molar-refractivity contribution in [2.75, 3.05) is 25.2 Å². The summed E-state index contributed by atoms with van der Waals surface area (Å²) >= 11 is 0. The number of anilines is 1. The number of hydrogen-bond acceptors (Lipinski definition) is 6. The van der Waals surface area contributed by atoms with E-state index < -0.39 is 23.6 Å². The van der Waals surface area contributed by atoms with Crippen LogP contribution in [0.2, 0.25) is 0 Å². The van der Waals surface area contributed by atoms with Crippen molar-refractivity contribution in [3.8, 4) is 16.9 Å². The zero-order chi connectivity index (χ0) is 20.8. The molecule has 2 fully saturated rings. The largest absolute Gasteiger partial charge is 0.494 e. The average molecular weight is 404 g/mol. The molecule has 29 heavy (non-hydrogen) atoms. The quantitative estimate of drug-likeness (QED) is 0.818. The minimum Gasteiger partial charge on any atom is -0.494 e. The maximum atomic E-state index is 13.2. The number of morpholine rings is 1. The van der Waals surface area contributed by atoms with E-state index in [4.69, 9.17) is 15.2 Å². The fourth-order valence-corrected chi connectivity index (χ4v) is 3.39. The zero-order valence-corrected chi connectivity index (χ0v) is 15.5. The number of nitrogens with zero attached hydrogens (tertiary/aromatic N) is 3. The summed E-state index contributed by atoms with van der Waals surface area (Å²) < 4.78 is 37.2. The lowest BCUT2D eigenvalue weighted by Gasteiger charge is -2.32. The van der Waals surface area contributed by atoms with Gasteiger partial charge in [0.15, 0.2) is 0 Å². The third kappa shape index (κ3) is 3.29. The lowest BCUT2D eigenvalue weighted by Crippen LogP contribution is -2.49. The molecule has 4 rings (SSSR count). The molecule has 0 bridgehead atoms. The average Bonchev–Trinajstić information content (AvgIpc) is 3.49. The maximum Gasteiger partial charge on any atom is 0.280 e. The monoisotopic (exact) mass is 404 g/mol. The summed E-state index contributed by atoms with van der Waals surface area (Å²) in [6.45, 7) is 0.646. The topological polar surface area (TPSA) is 108 Å². The van der Waals surface area contributed by atoms with Gasteiger partial charge in [-0.2, -0.15) is 0 Å². The van der Waals surface area contributed by atoms with Crippen molar-refractivity contribution >= 4 is 17.6 Å². The highest BCUT2D eigenvalue weighted by Gasteiger charge is 2.55. The molecule has 2 aromatic heterocycles. The van der Waals surface area contributed by atoms with E-state index in [1.54, 1.807) is 0 Å². The summed E-state index contributed by atoms with van der Waals surface area (Å²) in [5, 5.41) is 0. The number of primary amides is 1. The van der Waals surface area contributed by atoms with Crippen LogP contribution in [0.25, 0.3) is 11.1 Å². The van der Waals surface area contributed by atoms with Crippen molar-refractivity contribution in [1.29, 1.82) is 0 Å². The highest BCUT2D eigenvalue weighted by atomic mass is 19.3. The first-order valence-corrected chi connectivity index (χ1v) is 8.94. The number of nitrogens with two attached hydrogens (primary N) is 1. The van der Waals surface area contributed by atoms with E-state index in [1.807, 2.05) is 0 Å². The molecule has 2 amide bonds. The Kier molecular flexibility index (Phi) is 4.65. The number of hydrogen-bond donors (Lipinski definition) is 1. The Hall–Kier alpha value is -3.14. The zero-order valence-electron chi connectivity index (χ0n) is 15.5. The van der Waals surface area contributed by atoms with Gasteiger partial charge >= 0.3 is 0 Å². The summed E-state index contributed by atoms with van der Waals surface area (Å²) in [7, 11) is 1.36. The molecule has 3 heterocycles. The molecule has 2 N–H and O–H groups in total. The Morgan fingerprint density at radius 2 is 2.03 bits per heavy atom. The van der Waals surface area contributed by atoms with E-state index in [2.05, 4.69) is 9.97 Å². The van der Waals surface area contributed by atoms with Crippen LogP contribution in [0.1, 0.15) is 35.3 Å². The fourth-order valence-electron chi connectivity index (χ4n) is 3.39. The lowest BCUT2D eigenvalue weighted by atomic mass is 10.00. The van der Waals surface area contributed by atoms with E-state index in [-0.39, 0.29) is 34.2 Å². The van der Waals surface area contributed by atoms with Gasteiger partial charge in [-0.15, -0.1) is 0 Å². The van der Waals surface area contributed by atoms with Crippen LogP contribution in [0.4, 0.5) is 14.6 Å². The number of amides is 2. The van der Waals surface area contributed by atoms with Crippen molar-refractivity contribution in [3.63, 3.8) is 0 Å². The molecule has 8 nitrogen and oxygen atoms in total. The molecular weight excluding hydrogens is 386 g/mol. The molecule has 1 spiro atoms. The first-order chi connectivity index (χ1) is 13.9. The summed E-state index contributed by atoms with van der Waals surface area (Å²) in [5.74, 6) is -0.532. The van der Waals surface area contributed by atoms with Crippen molar-refractivity contribution in [2.24, 2.45) is 5.73 Å². The van der Waals surface area contributed by atoms with E-state index in [9.17, 15) is 18.4 Å². The van der Waals surface area contributed by atoms with E-state index in [0.29, 0.717) is 26.0 Å². The first-order valence-electron chi connectivity index (χ1n) is 8.94. The molecule has 10 heteroatoms. The summed E-state index contributed by atoms with van der Waals surface area (Å²) in [4.78, 5) is 34.1. The number of carbonyl (C=O) groups excluding carboxylic acids is 2. The van der Waals surface area contributed by atoms with Gasteiger partial charge in [-0.1, -0.05) is 0 Å². The molecule has 1 saturated heterocycles.